The van der Waals surface area contributed by atoms with Crippen LogP contribution in [0.1, 0.15) is 34.9 Å². The molecule has 0 aliphatic carbocycles. The second-order valence-corrected chi connectivity index (χ2v) is 7.57. The number of benzene rings is 2. The Morgan fingerprint density at radius 2 is 1.76 bits per heavy atom. The summed E-state index contributed by atoms with van der Waals surface area (Å²) < 4.78 is 9.94. The molecule has 0 amide bonds. The molecule has 0 unspecified atom stereocenters. The first-order valence-electron chi connectivity index (χ1n) is 11.3. The number of carbonyl (C=O) groups excluding carboxylic acids is 1. The number of nitrogens with zero attached hydrogens (tertiary/aromatic N) is 4. The Bertz CT molecular complexity index is 1300. The van der Waals surface area contributed by atoms with Gasteiger partial charge in [-0.05, 0) is 24.1 Å². The van der Waals surface area contributed by atoms with E-state index in [0.29, 0.717) is 17.0 Å². The highest BCUT2D eigenvalue weighted by atomic mass is 16.6. The van der Waals surface area contributed by atoms with Crippen molar-refractivity contribution in [1.29, 1.82) is 0 Å². The summed E-state index contributed by atoms with van der Waals surface area (Å²) in [6.07, 6.45) is 10.1. The van der Waals surface area contributed by atoms with Crippen molar-refractivity contribution < 1.29 is 23.9 Å². The Labute approximate surface area is 215 Å². The van der Waals surface area contributed by atoms with Crippen molar-refractivity contribution in [2.24, 2.45) is 10.3 Å². The van der Waals surface area contributed by atoms with Gasteiger partial charge in [-0.2, -0.15) is 0 Å². The van der Waals surface area contributed by atoms with Gasteiger partial charge in [0.2, 0.25) is 0 Å². The molecule has 37 heavy (non-hydrogen) atoms. The molecular weight excluding hydrogens is 472 g/mol. The van der Waals surface area contributed by atoms with Gasteiger partial charge >= 0.3 is 5.97 Å². The lowest BCUT2D eigenvalue weighted by molar-refractivity contribution is -0.133. The minimum Gasteiger partial charge on any atom is -0.503 e. The topological polar surface area (TPSA) is 104 Å². The molecule has 0 fully saturated rings. The van der Waals surface area contributed by atoms with E-state index in [0.717, 1.165) is 22.4 Å². The van der Waals surface area contributed by atoms with Gasteiger partial charge in [-0.1, -0.05) is 64.9 Å². The van der Waals surface area contributed by atoms with Gasteiger partial charge < -0.3 is 19.1 Å². The van der Waals surface area contributed by atoms with Crippen molar-refractivity contribution in [2.75, 3.05) is 21.3 Å². The Morgan fingerprint density at radius 3 is 2.43 bits per heavy atom. The van der Waals surface area contributed by atoms with Crippen LogP contribution in [0.4, 0.5) is 0 Å². The average Bonchev–Trinajstić information content (AvgIpc) is 2.94. The highest BCUT2D eigenvalue weighted by Crippen LogP contribution is 2.22. The Morgan fingerprint density at radius 1 is 0.973 bits per heavy atom. The summed E-state index contributed by atoms with van der Waals surface area (Å²) >= 11 is 0. The third-order valence-electron chi connectivity index (χ3n) is 5.11. The number of aromatic nitrogens is 2. The van der Waals surface area contributed by atoms with E-state index in [2.05, 4.69) is 20.3 Å². The van der Waals surface area contributed by atoms with Gasteiger partial charge in [-0.25, -0.2) is 4.79 Å². The molecule has 0 radical (unpaired) electrons. The number of hydrogen-bond donors (Lipinski definition) is 0. The summed E-state index contributed by atoms with van der Waals surface area (Å²) in [4.78, 5) is 31.2. The van der Waals surface area contributed by atoms with Crippen molar-refractivity contribution in [3.8, 4) is 0 Å². The molecule has 3 aromatic rings. The van der Waals surface area contributed by atoms with Gasteiger partial charge in [0, 0.05) is 23.5 Å². The second kappa shape index (κ2) is 13.9. The van der Waals surface area contributed by atoms with Crippen LogP contribution >= 0.6 is 0 Å². The predicted molar refractivity (Wildman–Crippen MR) is 142 cm³/mol. The number of oxime groups is 2. The molecule has 3 rings (SSSR count). The van der Waals surface area contributed by atoms with E-state index in [9.17, 15) is 4.79 Å². The average molecular weight is 501 g/mol. The first-order valence-corrected chi connectivity index (χ1v) is 11.3. The van der Waals surface area contributed by atoms with E-state index in [1.54, 1.807) is 31.6 Å². The fourth-order valence-electron chi connectivity index (χ4n) is 3.35. The SMILES string of the molecule is COC=C(C(=O)OC)c1ccccc1CON=C(C)C(=NOC)c1ccc(/C=C/c2cnccn2)cc1. The summed E-state index contributed by atoms with van der Waals surface area (Å²) in [5.41, 5.74) is 5.24. The normalized spacial score (nSPS) is 12.4. The summed E-state index contributed by atoms with van der Waals surface area (Å²) in [5, 5.41) is 8.36. The van der Waals surface area contributed by atoms with E-state index in [-0.39, 0.29) is 12.2 Å². The van der Waals surface area contributed by atoms with Crippen LogP contribution in [-0.4, -0.2) is 48.7 Å². The van der Waals surface area contributed by atoms with E-state index >= 15 is 0 Å². The summed E-state index contributed by atoms with van der Waals surface area (Å²) in [7, 11) is 4.25. The summed E-state index contributed by atoms with van der Waals surface area (Å²) in [6, 6.07) is 15.0. The molecule has 0 spiro atoms. The third kappa shape index (κ3) is 7.60. The van der Waals surface area contributed by atoms with Crippen molar-refractivity contribution in [2.45, 2.75) is 13.5 Å². The lowest BCUT2D eigenvalue weighted by Gasteiger charge is -2.11. The van der Waals surface area contributed by atoms with Crippen molar-refractivity contribution >= 4 is 35.1 Å². The van der Waals surface area contributed by atoms with Gasteiger partial charge in [0.15, 0.2) is 0 Å². The van der Waals surface area contributed by atoms with Crippen molar-refractivity contribution in [3.63, 3.8) is 0 Å². The molecule has 0 bridgehead atoms. The fourth-order valence-corrected chi connectivity index (χ4v) is 3.35. The highest BCUT2D eigenvalue weighted by molar-refractivity contribution is 6.47. The van der Waals surface area contributed by atoms with Crippen LogP contribution in [0.3, 0.4) is 0 Å². The molecule has 0 saturated carbocycles. The number of hydrogen-bond acceptors (Lipinski definition) is 9. The Hall–Kier alpha value is -4.79. The van der Waals surface area contributed by atoms with E-state index in [1.165, 1.54) is 27.6 Å². The van der Waals surface area contributed by atoms with Gasteiger partial charge in [-0.3, -0.25) is 9.97 Å². The second-order valence-electron chi connectivity index (χ2n) is 7.57. The van der Waals surface area contributed by atoms with Crippen LogP contribution in [0, 0.1) is 0 Å². The third-order valence-corrected chi connectivity index (χ3v) is 5.11. The van der Waals surface area contributed by atoms with Crippen LogP contribution in [0.25, 0.3) is 17.7 Å². The monoisotopic (exact) mass is 500 g/mol. The van der Waals surface area contributed by atoms with E-state index in [4.69, 9.17) is 19.1 Å². The highest BCUT2D eigenvalue weighted by Gasteiger charge is 2.17. The molecule has 1 aromatic heterocycles. The first kappa shape index (κ1) is 26.8. The van der Waals surface area contributed by atoms with Crippen LogP contribution in [0.15, 0.2) is 83.7 Å². The van der Waals surface area contributed by atoms with Crippen LogP contribution in [-0.2, 0) is 30.6 Å². The number of ether oxygens (including phenoxy) is 2. The quantitative estimate of drug-likeness (QED) is 0.123. The molecule has 0 aliphatic heterocycles. The minimum atomic E-state index is -0.515. The van der Waals surface area contributed by atoms with Crippen LogP contribution < -0.4 is 0 Å². The zero-order valence-corrected chi connectivity index (χ0v) is 21.1. The molecule has 1 heterocycles. The molecule has 2 aromatic carbocycles. The zero-order chi connectivity index (χ0) is 26.5. The fraction of sp³-hybridized carbons (Fsp3) is 0.179. The largest absolute Gasteiger partial charge is 0.503 e. The van der Waals surface area contributed by atoms with Gasteiger partial charge in [-0.15, -0.1) is 0 Å². The maximum absolute atomic E-state index is 12.2. The van der Waals surface area contributed by atoms with Gasteiger partial charge in [0.05, 0.1) is 32.4 Å². The predicted octanol–water partition coefficient (Wildman–Crippen LogP) is 4.75. The number of methoxy groups -OCH3 is 2. The lowest BCUT2D eigenvalue weighted by atomic mass is 10.0. The minimum absolute atomic E-state index is 0.109. The molecule has 9 heteroatoms. The molecule has 0 N–H and O–H groups in total. The smallest absolute Gasteiger partial charge is 0.341 e. The maximum atomic E-state index is 12.2. The number of rotatable bonds is 11. The Balaban J connectivity index is 1.74. The summed E-state index contributed by atoms with van der Waals surface area (Å²) in [6.45, 7) is 1.88. The van der Waals surface area contributed by atoms with Crippen molar-refractivity contribution in [3.05, 3.63) is 101 Å². The van der Waals surface area contributed by atoms with Gasteiger partial charge in [0.25, 0.3) is 0 Å². The lowest BCUT2D eigenvalue weighted by Crippen LogP contribution is -2.13. The molecule has 9 nitrogen and oxygen atoms in total. The standard InChI is InChI=1S/C28H28N4O5/c1-20(31-37-18-23-7-5-6-8-25(23)26(19-34-2)28(33)35-3)27(32-36-4)22-12-9-21(10-13-22)11-14-24-17-29-15-16-30-24/h5-17,19H,18H2,1-4H3/b14-11+,26-19?,31-20?,32-27?. The Kier molecular flexibility index (Phi) is 10.1. The van der Waals surface area contributed by atoms with E-state index < -0.39 is 5.97 Å². The summed E-state index contributed by atoms with van der Waals surface area (Å²) in [5.74, 6) is -0.515. The first-order chi connectivity index (χ1) is 18.1. The number of esters is 1. The molecule has 190 valence electrons. The zero-order valence-electron chi connectivity index (χ0n) is 21.1. The molecule has 0 aliphatic rings. The maximum Gasteiger partial charge on any atom is 0.341 e. The molecular formula is C28H28N4O5. The van der Waals surface area contributed by atoms with Gasteiger partial charge in [0.1, 0.15) is 30.7 Å². The van der Waals surface area contributed by atoms with Crippen LogP contribution in [0.5, 0.6) is 0 Å². The van der Waals surface area contributed by atoms with Crippen molar-refractivity contribution in [1.82, 2.24) is 9.97 Å². The van der Waals surface area contributed by atoms with E-state index in [1.807, 2.05) is 54.6 Å². The molecule has 0 atom stereocenters. The van der Waals surface area contributed by atoms with Crippen LogP contribution in [0.2, 0.25) is 0 Å². The molecule has 0 saturated heterocycles. The number of carbonyl (C=O) groups is 1.